The number of ether oxygens (including phenoxy) is 2. The molecule has 2 heterocycles. The van der Waals surface area contributed by atoms with Crippen LogP contribution in [0.1, 0.15) is 17.3 Å². The van der Waals surface area contributed by atoms with Gasteiger partial charge >= 0.3 is 0 Å². The van der Waals surface area contributed by atoms with Crippen LogP contribution in [0.25, 0.3) is 0 Å². The molecule has 0 aliphatic carbocycles. The van der Waals surface area contributed by atoms with Crippen molar-refractivity contribution in [3.8, 4) is 11.5 Å². The van der Waals surface area contributed by atoms with E-state index >= 15 is 0 Å². The summed E-state index contributed by atoms with van der Waals surface area (Å²) in [4.78, 5) is 4.15. The van der Waals surface area contributed by atoms with Gasteiger partial charge in [-0.1, -0.05) is 11.2 Å². The van der Waals surface area contributed by atoms with Crippen molar-refractivity contribution in [2.24, 2.45) is 0 Å². The highest BCUT2D eigenvalue weighted by atomic mass is 16.7. The van der Waals surface area contributed by atoms with E-state index in [1.54, 1.807) is 6.92 Å². The average Bonchev–Trinajstić information content (AvgIpc) is 3.03. The molecule has 0 fully saturated rings. The van der Waals surface area contributed by atoms with Crippen LogP contribution >= 0.6 is 0 Å². The van der Waals surface area contributed by atoms with E-state index in [1.165, 1.54) is 0 Å². The first kappa shape index (κ1) is 12.0. The van der Waals surface area contributed by atoms with Crippen molar-refractivity contribution in [1.82, 2.24) is 15.5 Å². The fourth-order valence-electron chi connectivity index (χ4n) is 1.93. The van der Waals surface area contributed by atoms with Gasteiger partial charge < -0.3 is 19.3 Å². The maximum absolute atomic E-state index is 5.34. The molecule has 0 unspecified atom stereocenters. The van der Waals surface area contributed by atoms with Crippen LogP contribution in [0.5, 0.6) is 11.5 Å². The van der Waals surface area contributed by atoms with Crippen molar-refractivity contribution in [2.75, 3.05) is 13.3 Å². The second-order valence-electron chi connectivity index (χ2n) is 4.34. The predicted molar refractivity (Wildman–Crippen MR) is 67.0 cm³/mol. The molecule has 1 aromatic heterocycles. The molecule has 0 saturated carbocycles. The van der Waals surface area contributed by atoms with Crippen molar-refractivity contribution >= 4 is 0 Å². The molecule has 19 heavy (non-hydrogen) atoms. The molecule has 100 valence electrons. The van der Waals surface area contributed by atoms with Crippen LogP contribution < -0.4 is 14.8 Å². The number of nitrogens with zero attached hydrogens (tertiary/aromatic N) is 2. The van der Waals surface area contributed by atoms with Crippen molar-refractivity contribution in [3.63, 3.8) is 0 Å². The molecule has 1 N–H and O–H groups in total. The van der Waals surface area contributed by atoms with Crippen molar-refractivity contribution in [1.29, 1.82) is 0 Å². The second kappa shape index (κ2) is 5.27. The Hall–Kier alpha value is -2.08. The molecule has 1 aliphatic heterocycles. The normalized spacial score (nSPS) is 12.9. The van der Waals surface area contributed by atoms with Gasteiger partial charge in [-0.2, -0.15) is 4.98 Å². The summed E-state index contributed by atoms with van der Waals surface area (Å²) < 4.78 is 15.5. The van der Waals surface area contributed by atoms with Gasteiger partial charge in [0.25, 0.3) is 0 Å². The number of rotatable bonds is 5. The average molecular weight is 261 g/mol. The van der Waals surface area contributed by atoms with Crippen LogP contribution in [0.3, 0.4) is 0 Å². The molecular formula is C13H15N3O3. The van der Waals surface area contributed by atoms with E-state index in [9.17, 15) is 0 Å². The minimum Gasteiger partial charge on any atom is -0.454 e. The maximum Gasteiger partial charge on any atom is 0.231 e. The van der Waals surface area contributed by atoms with Crippen LogP contribution in [0.15, 0.2) is 22.7 Å². The standard InChI is InChI=1S/C13H15N3O3/c1-9-15-13(16-19-9)4-5-14-7-10-2-3-11-12(6-10)18-8-17-11/h2-3,6,14H,4-5,7-8H2,1H3. The first-order chi connectivity index (χ1) is 9.31. The smallest absolute Gasteiger partial charge is 0.231 e. The van der Waals surface area contributed by atoms with Gasteiger partial charge in [-0.05, 0) is 17.7 Å². The fraction of sp³-hybridized carbons (Fsp3) is 0.385. The number of fused-ring (bicyclic) bond motifs is 1. The SMILES string of the molecule is Cc1nc(CCNCc2ccc3c(c2)OCO3)no1. The van der Waals surface area contributed by atoms with Crippen molar-refractivity contribution < 1.29 is 14.0 Å². The summed E-state index contributed by atoms with van der Waals surface area (Å²) in [5.41, 5.74) is 1.16. The second-order valence-corrected chi connectivity index (χ2v) is 4.34. The topological polar surface area (TPSA) is 69.4 Å². The van der Waals surface area contributed by atoms with Gasteiger partial charge in [0.1, 0.15) is 0 Å². The van der Waals surface area contributed by atoms with E-state index in [2.05, 4.69) is 15.5 Å². The molecule has 0 amide bonds. The van der Waals surface area contributed by atoms with E-state index < -0.39 is 0 Å². The lowest BCUT2D eigenvalue weighted by molar-refractivity contribution is 0.174. The predicted octanol–water partition coefficient (Wildman–Crippen LogP) is 1.44. The highest BCUT2D eigenvalue weighted by molar-refractivity contribution is 5.44. The number of nitrogens with one attached hydrogen (secondary N) is 1. The third-order valence-electron chi connectivity index (χ3n) is 2.86. The number of benzene rings is 1. The Morgan fingerprint density at radius 2 is 2.16 bits per heavy atom. The van der Waals surface area contributed by atoms with E-state index in [4.69, 9.17) is 14.0 Å². The summed E-state index contributed by atoms with van der Waals surface area (Å²) in [5, 5.41) is 7.18. The third kappa shape index (κ3) is 2.85. The van der Waals surface area contributed by atoms with Gasteiger partial charge in [-0.3, -0.25) is 0 Å². The van der Waals surface area contributed by atoms with Crippen LogP contribution in [-0.4, -0.2) is 23.5 Å². The summed E-state index contributed by atoms with van der Waals surface area (Å²) in [6, 6.07) is 5.95. The first-order valence-corrected chi connectivity index (χ1v) is 6.20. The number of hydrogen-bond acceptors (Lipinski definition) is 6. The Morgan fingerprint density at radius 1 is 1.26 bits per heavy atom. The Kier molecular flexibility index (Phi) is 3.33. The molecule has 0 atom stereocenters. The minimum absolute atomic E-state index is 0.309. The molecule has 6 heteroatoms. The lowest BCUT2D eigenvalue weighted by Crippen LogP contribution is -2.17. The molecular weight excluding hydrogens is 246 g/mol. The Morgan fingerprint density at radius 3 is 3.00 bits per heavy atom. The monoisotopic (exact) mass is 261 g/mol. The number of hydrogen-bond donors (Lipinski definition) is 1. The van der Waals surface area contributed by atoms with Gasteiger partial charge in [-0.15, -0.1) is 0 Å². The summed E-state index contributed by atoms with van der Waals surface area (Å²) in [6.07, 6.45) is 0.752. The largest absolute Gasteiger partial charge is 0.454 e. The fourth-order valence-corrected chi connectivity index (χ4v) is 1.93. The highest BCUT2D eigenvalue weighted by Gasteiger charge is 2.12. The van der Waals surface area contributed by atoms with Crippen molar-refractivity contribution in [2.45, 2.75) is 19.9 Å². The van der Waals surface area contributed by atoms with Gasteiger partial charge in [0.05, 0.1) is 0 Å². The Bertz CT molecular complexity index is 568. The zero-order valence-corrected chi connectivity index (χ0v) is 10.7. The molecule has 3 rings (SSSR count). The minimum atomic E-state index is 0.309. The highest BCUT2D eigenvalue weighted by Crippen LogP contribution is 2.32. The first-order valence-electron chi connectivity index (χ1n) is 6.20. The molecule has 2 aromatic rings. The van der Waals surface area contributed by atoms with E-state index in [0.29, 0.717) is 12.7 Å². The Labute approximate surface area is 110 Å². The van der Waals surface area contributed by atoms with Crippen LogP contribution in [0.2, 0.25) is 0 Å². The van der Waals surface area contributed by atoms with E-state index in [0.717, 1.165) is 42.4 Å². The molecule has 0 bridgehead atoms. The third-order valence-corrected chi connectivity index (χ3v) is 2.86. The zero-order chi connectivity index (χ0) is 13.1. The summed E-state index contributed by atoms with van der Waals surface area (Å²) >= 11 is 0. The molecule has 0 saturated heterocycles. The van der Waals surface area contributed by atoms with E-state index in [-0.39, 0.29) is 0 Å². The summed E-state index contributed by atoms with van der Waals surface area (Å²) in [6.45, 7) is 3.67. The van der Waals surface area contributed by atoms with Gasteiger partial charge in [0.15, 0.2) is 17.3 Å². The quantitative estimate of drug-likeness (QED) is 0.821. The lowest BCUT2D eigenvalue weighted by atomic mass is 10.2. The van der Waals surface area contributed by atoms with Crippen LogP contribution in [-0.2, 0) is 13.0 Å². The summed E-state index contributed by atoms with van der Waals surface area (Å²) in [5.74, 6) is 2.96. The summed E-state index contributed by atoms with van der Waals surface area (Å²) in [7, 11) is 0. The molecule has 6 nitrogen and oxygen atoms in total. The van der Waals surface area contributed by atoms with E-state index in [1.807, 2.05) is 18.2 Å². The maximum atomic E-state index is 5.34. The Balaban J connectivity index is 1.47. The number of aromatic nitrogens is 2. The molecule has 0 radical (unpaired) electrons. The van der Waals surface area contributed by atoms with Gasteiger partial charge in [0, 0.05) is 26.4 Å². The lowest BCUT2D eigenvalue weighted by Gasteiger charge is -2.04. The molecule has 1 aliphatic rings. The number of aryl methyl sites for hydroxylation is 1. The molecule has 1 aromatic carbocycles. The van der Waals surface area contributed by atoms with Crippen LogP contribution in [0, 0.1) is 6.92 Å². The zero-order valence-electron chi connectivity index (χ0n) is 10.7. The molecule has 0 spiro atoms. The van der Waals surface area contributed by atoms with Crippen molar-refractivity contribution in [3.05, 3.63) is 35.5 Å². The van der Waals surface area contributed by atoms with Gasteiger partial charge in [0.2, 0.25) is 12.7 Å². The van der Waals surface area contributed by atoms with Crippen LogP contribution in [0.4, 0.5) is 0 Å². The van der Waals surface area contributed by atoms with Gasteiger partial charge in [-0.25, -0.2) is 0 Å².